The summed E-state index contributed by atoms with van der Waals surface area (Å²) < 4.78 is 18.8. The molecule has 1 heterocycles. The standard InChI is InChI=1S/C19H24FNO/c1-2-3-4-5-6-7-15-22-17-13-11-16(12-14-17)18-9-8-10-19(20)21-18/h8-14H,2-7,15H2,1H3. The number of hydrogen-bond donors (Lipinski definition) is 0. The summed E-state index contributed by atoms with van der Waals surface area (Å²) in [4.78, 5) is 3.88. The topological polar surface area (TPSA) is 22.1 Å². The molecule has 0 saturated carbocycles. The molecule has 0 atom stereocenters. The molecule has 3 heteroatoms. The molecule has 0 radical (unpaired) electrons. The van der Waals surface area contributed by atoms with Crippen LogP contribution in [0.15, 0.2) is 42.5 Å². The minimum absolute atomic E-state index is 0.458. The lowest BCUT2D eigenvalue weighted by atomic mass is 10.1. The van der Waals surface area contributed by atoms with Crippen LogP contribution in [0.4, 0.5) is 4.39 Å². The van der Waals surface area contributed by atoms with Gasteiger partial charge in [0.15, 0.2) is 0 Å². The highest BCUT2D eigenvalue weighted by molar-refractivity contribution is 5.59. The molecular weight excluding hydrogens is 277 g/mol. The van der Waals surface area contributed by atoms with Gasteiger partial charge >= 0.3 is 0 Å². The highest BCUT2D eigenvalue weighted by Gasteiger charge is 2.01. The zero-order valence-electron chi connectivity index (χ0n) is 13.2. The average molecular weight is 301 g/mol. The van der Waals surface area contributed by atoms with Gasteiger partial charge in [-0.05, 0) is 42.8 Å². The number of pyridine rings is 1. The van der Waals surface area contributed by atoms with Gasteiger partial charge in [-0.2, -0.15) is 4.39 Å². The molecule has 0 saturated heterocycles. The predicted molar refractivity (Wildman–Crippen MR) is 88.5 cm³/mol. The van der Waals surface area contributed by atoms with Crippen LogP contribution in [-0.4, -0.2) is 11.6 Å². The summed E-state index contributed by atoms with van der Waals surface area (Å²) in [5, 5.41) is 0. The Morgan fingerprint density at radius 3 is 2.36 bits per heavy atom. The summed E-state index contributed by atoms with van der Waals surface area (Å²) >= 11 is 0. The lowest BCUT2D eigenvalue weighted by Gasteiger charge is -2.07. The van der Waals surface area contributed by atoms with Crippen molar-refractivity contribution in [3.8, 4) is 17.0 Å². The van der Waals surface area contributed by atoms with Gasteiger partial charge in [0, 0.05) is 5.56 Å². The summed E-state index contributed by atoms with van der Waals surface area (Å²) in [5.74, 6) is 0.398. The third kappa shape index (κ3) is 5.47. The van der Waals surface area contributed by atoms with Gasteiger partial charge in [0.05, 0.1) is 12.3 Å². The summed E-state index contributed by atoms with van der Waals surface area (Å²) in [6.07, 6.45) is 7.55. The van der Waals surface area contributed by atoms with Crippen molar-refractivity contribution in [2.75, 3.05) is 6.61 Å². The zero-order chi connectivity index (χ0) is 15.6. The van der Waals surface area contributed by atoms with Crippen LogP contribution in [0.25, 0.3) is 11.3 Å². The van der Waals surface area contributed by atoms with E-state index in [2.05, 4.69) is 11.9 Å². The summed E-state index contributed by atoms with van der Waals surface area (Å²) in [6.45, 7) is 2.98. The number of benzene rings is 1. The number of nitrogens with zero attached hydrogens (tertiary/aromatic N) is 1. The minimum Gasteiger partial charge on any atom is -0.494 e. The molecule has 0 unspecified atom stereocenters. The molecule has 0 spiro atoms. The number of halogens is 1. The second-order valence-electron chi connectivity index (χ2n) is 5.49. The molecule has 0 N–H and O–H groups in total. The molecule has 2 rings (SSSR count). The molecule has 0 aliphatic rings. The van der Waals surface area contributed by atoms with Crippen molar-refractivity contribution in [2.24, 2.45) is 0 Å². The Labute approximate surface area is 132 Å². The zero-order valence-corrected chi connectivity index (χ0v) is 13.2. The van der Waals surface area contributed by atoms with E-state index in [0.29, 0.717) is 5.69 Å². The average Bonchev–Trinajstić information content (AvgIpc) is 2.55. The number of ether oxygens (including phenoxy) is 1. The van der Waals surface area contributed by atoms with Crippen molar-refractivity contribution in [3.05, 3.63) is 48.4 Å². The lowest BCUT2D eigenvalue weighted by Crippen LogP contribution is -1.97. The maximum Gasteiger partial charge on any atom is 0.213 e. The number of aromatic nitrogens is 1. The van der Waals surface area contributed by atoms with Crippen molar-refractivity contribution >= 4 is 0 Å². The maximum absolute atomic E-state index is 13.1. The van der Waals surface area contributed by atoms with Crippen LogP contribution in [-0.2, 0) is 0 Å². The van der Waals surface area contributed by atoms with Crippen molar-refractivity contribution in [3.63, 3.8) is 0 Å². The van der Waals surface area contributed by atoms with Gasteiger partial charge in [-0.3, -0.25) is 0 Å². The first-order valence-electron chi connectivity index (χ1n) is 8.15. The third-order valence-electron chi connectivity index (χ3n) is 3.63. The largest absolute Gasteiger partial charge is 0.494 e. The smallest absolute Gasteiger partial charge is 0.213 e. The molecule has 0 amide bonds. The van der Waals surface area contributed by atoms with Crippen molar-refractivity contribution in [1.82, 2.24) is 4.98 Å². The van der Waals surface area contributed by atoms with E-state index >= 15 is 0 Å². The van der Waals surface area contributed by atoms with Crippen LogP contribution in [0.1, 0.15) is 45.4 Å². The highest BCUT2D eigenvalue weighted by Crippen LogP contribution is 2.21. The highest BCUT2D eigenvalue weighted by atomic mass is 19.1. The molecule has 22 heavy (non-hydrogen) atoms. The second kappa shape index (κ2) is 9.19. The molecule has 1 aromatic heterocycles. The van der Waals surface area contributed by atoms with Gasteiger partial charge in [0.25, 0.3) is 0 Å². The fraction of sp³-hybridized carbons (Fsp3) is 0.421. The van der Waals surface area contributed by atoms with Gasteiger partial charge in [-0.1, -0.05) is 45.1 Å². The summed E-state index contributed by atoms with van der Waals surface area (Å²) in [5.41, 5.74) is 1.54. The van der Waals surface area contributed by atoms with E-state index in [4.69, 9.17) is 4.74 Å². The van der Waals surface area contributed by atoms with Crippen LogP contribution in [0.2, 0.25) is 0 Å². The van der Waals surface area contributed by atoms with E-state index in [1.54, 1.807) is 12.1 Å². The number of rotatable bonds is 9. The number of unbranched alkanes of at least 4 members (excludes halogenated alkanes) is 5. The van der Waals surface area contributed by atoms with E-state index < -0.39 is 5.95 Å². The molecule has 2 nitrogen and oxygen atoms in total. The van der Waals surface area contributed by atoms with Crippen LogP contribution < -0.4 is 4.74 Å². The van der Waals surface area contributed by atoms with Gasteiger partial charge in [-0.25, -0.2) is 4.98 Å². The normalized spacial score (nSPS) is 10.6. The first-order valence-corrected chi connectivity index (χ1v) is 8.15. The Morgan fingerprint density at radius 1 is 0.909 bits per heavy atom. The van der Waals surface area contributed by atoms with Gasteiger partial charge in [-0.15, -0.1) is 0 Å². The minimum atomic E-state index is -0.458. The Bertz CT molecular complexity index is 554. The van der Waals surface area contributed by atoms with E-state index in [1.807, 2.05) is 24.3 Å². The fourth-order valence-corrected chi connectivity index (χ4v) is 2.36. The summed E-state index contributed by atoms with van der Waals surface area (Å²) in [7, 11) is 0. The summed E-state index contributed by atoms with van der Waals surface area (Å²) in [6, 6.07) is 12.5. The van der Waals surface area contributed by atoms with Crippen LogP contribution in [0.3, 0.4) is 0 Å². The van der Waals surface area contributed by atoms with E-state index in [1.165, 1.54) is 38.2 Å². The number of hydrogen-bond acceptors (Lipinski definition) is 2. The van der Waals surface area contributed by atoms with Crippen molar-refractivity contribution < 1.29 is 9.13 Å². The monoisotopic (exact) mass is 301 g/mol. The van der Waals surface area contributed by atoms with E-state index in [0.717, 1.165) is 24.3 Å². The molecule has 2 aromatic rings. The lowest BCUT2D eigenvalue weighted by molar-refractivity contribution is 0.304. The van der Waals surface area contributed by atoms with E-state index in [-0.39, 0.29) is 0 Å². The van der Waals surface area contributed by atoms with Gasteiger partial charge in [0.1, 0.15) is 5.75 Å². The Hall–Kier alpha value is -1.90. The second-order valence-corrected chi connectivity index (χ2v) is 5.49. The van der Waals surface area contributed by atoms with Crippen LogP contribution in [0, 0.1) is 5.95 Å². The first-order chi connectivity index (χ1) is 10.8. The SMILES string of the molecule is CCCCCCCCOc1ccc(-c2cccc(F)n2)cc1. The molecule has 0 bridgehead atoms. The van der Waals surface area contributed by atoms with Crippen LogP contribution in [0.5, 0.6) is 5.75 Å². The molecular formula is C19H24FNO. The fourth-order valence-electron chi connectivity index (χ4n) is 2.36. The third-order valence-corrected chi connectivity index (χ3v) is 3.63. The molecule has 118 valence electrons. The van der Waals surface area contributed by atoms with E-state index in [9.17, 15) is 4.39 Å². The molecule has 1 aromatic carbocycles. The van der Waals surface area contributed by atoms with Gasteiger partial charge in [0.2, 0.25) is 5.95 Å². The van der Waals surface area contributed by atoms with Crippen molar-refractivity contribution in [1.29, 1.82) is 0 Å². The van der Waals surface area contributed by atoms with Gasteiger partial charge < -0.3 is 4.74 Å². The molecule has 0 fully saturated rings. The molecule has 0 aliphatic heterocycles. The predicted octanol–water partition coefficient (Wildman–Crippen LogP) is 5.63. The first kappa shape index (κ1) is 16.5. The van der Waals surface area contributed by atoms with Crippen LogP contribution >= 0.6 is 0 Å². The molecule has 0 aliphatic carbocycles. The Morgan fingerprint density at radius 2 is 1.64 bits per heavy atom. The maximum atomic E-state index is 13.1. The quantitative estimate of drug-likeness (QED) is 0.442. The Kier molecular flexibility index (Phi) is 6.88. The van der Waals surface area contributed by atoms with Crippen molar-refractivity contribution in [2.45, 2.75) is 45.4 Å². The Balaban J connectivity index is 1.75.